The molecule has 1 aromatic heterocycles. The maximum absolute atomic E-state index is 12.9. The third kappa shape index (κ3) is 5.51. The average Bonchev–Trinajstić information content (AvgIpc) is 3.51. The van der Waals surface area contributed by atoms with Crippen LogP contribution in [0.2, 0.25) is 0 Å². The summed E-state index contributed by atoms with van der Waals surface area (Å²) >= 11 is 1.69. The van der Waals surface area contributed by atoms with Crippen LogP contribution in [0.25, 0.3) is 0 Å². The predicted octanol–water partition coefficient (Wildman–Crippen LogP) is 5.15. The fraction of sp³-hybridized carbons (Fsp3) is 0.320. The predicted molar refractivity (Wildman–Crippen MR) is 124 cm³/mol. The Balaban J connectivity index is 1.41. The molecule has 0 spiro atoms. The van der Waals surface area contributed by atoms with Gasteiger partial charge < -0.3 is 14.5 Å². The lowest BCUT2D eigenvalue weighted by atomic mass is 10.1. The molecule has 6 heteroatoms. The van der Waals surface area contributed by atoms with Crippen molar-refractivity contribution in [2.75, 3.05) is 26.7 Å². The van der Waals surface area contributed by atoms with Gasteiger partial charge in [0, 0.05) is 22.8 Å². The third-order valence-electron chi connectivity index (χ3n) is 5.63. The Morgan fingerprint density at radius 1 is 1.10 bits per heavy atom. The number of hydrogen-bond acceptors (Lipinski definition) is 5. The van der Waals surface area contributed by atoms with Gasteiger partial charge in [0.1, 0.15) is 5.75 Å². The minimum absolute atomic E-state index is 0.134. The molecule has 2 heterocycles. The number of amides is 1. The molecule has 1 N–H and O–H groups in total. The van der Waals surface area contributed by atoms with Crippen LogP contribution in [0, 0.1) is 0 Å². The molecule has 4 rings (SSSR count). The van der Waals surface area contributed by atoms with E-state index < -0.39 is 0 Å². The van der Waals surface area contributed by atoms with Gasteiger partial charge in [-0.3, -0.25) is 9.69 Å². The number of thioether (sulfide) groups is 1. The maximum Gasteiger partial charge on any atom is 0.287 e. The highest BCUT2D eigenvalue weighted by molar-refractivity contribution is 7.98. The number of hydrogen-bond donors (Lipinski definition) is 1. The second-order valence-corrected chi connectivity index (χ2v) is 8.67. The van der Waals surface area contributed by atoms with Gasteiger partial charge in [-0.05, 0) is 61.8 Å². The molecule has 0 saturated carbocycles. The fourth-order valence-corrected chi connectivity index (χ4v) is 4.83. The highest BCUT2D eigenvalue weighted by Crippen LogP contribution is 2.27. The van der Waals surface area contributed by atoms with Gasteiger partial charge in [-0.25, -0.2) is 0 Å². The first-order valence-electron chi connectivity index (χ1n) is 10.6. The smallest absolute Gasteiger partial charge is 0.287 e. The first-order chi connectivity index (χ1) is 15.2. The van der Waals surface area contributed by atoms with Crippen molar-refractivity contribution in [2.45, 2.75) is 29.5 Å². The lowest BCUT2D eigenvalue weighted by molar-refractivity contribution is 0.0909. The van der Waals surface area contributed by atoms with Crippen molar-refractivity contribution in [1.29, 1.82) is 0 Å². The molecule has 5 nitrogen and oxygen atoms in total. The summed E-state index contributed by atoms with van der Waals surface area (Å²) in [4.78, 5) is 16.5. The number of nitrogens with zero attached hydrogens (tertiary/aromatic N) is 1. The third-order valence-corrected chi connectivity index (χ3v) is 6.69. The van der Waals surface area contributed by atoms with Gasteiger partial charge in [0.05, 0.1) is 19.4 Å². The van der Waals surface area contributed by atoms with Crippen molar-refractivity contribution in [2.24, 2.45) is 0 Å². The minimum Gasteiger partial charge on any atom is -0.497 e. The van der Waals surface area contributed by atoms with Crippen LogP contribution in [0.1, 0.15) is 40.6 Å². The number of ether oxygens (including phenoxy) is 1. The van der Waals surface area contributed by atoms with E-state index in [2.05, 4.69) is 34.5 Å². The molecule has 1 aliphatic rings. The monoisotopic (exact) mass is 436 g/mol. The second kappa shape index (κ2) is 10.6. The topological polar surface area (TPSA) is 54.7 Å². The van der Waals surface area contributed by atoms with Gasteiger partial charge in [-0.15, -0.1) is 11.8 Å². The number of benzene rings is 2. The molecule has 1 saturated heterocycles. The van der Waals surface area contributed by atoms with Crippen molar-refractivity contribution in [3.8, 4) is 5.75 Å². The number of likely N-dealkylation sites (tertiary alicyclic amines) is 1. The van der Waals surface area contributed by atoms with Crippen molar-refractivity contribution >= 4 is 17.7 Å². The number of nitrogens with one attached hydrogen (secondary N) is 1. The highest BCUT2D eigenvalue weighted by Gasteiger charge is 2.25. The molecule has 31 heavy (non-hydrogen) atoms. The Hall–Kier alpha value is -2.70. The van der Waals surface area contributed by atoms with E-state index in [1.807, 2.05) is 36.4 Å². The number of methoxy groups -OCH3 is 1. The highest BCUT2D eigenvalue weighted by atomic mass is 32.2. The van der Waals surface area contributed by atoms with E-state index in [1.54, 1.807) is 25.1 Å². The average molecular weight is 437 g/mol. The first kappa shape index (κ1) is 21.5. The van der Waals surface area contributed by atoms with Crippen LogP contribution in [0.3, 0.4) is 0 Å². The molecule has 0 radical (unpaired) electrons. The van der Waals surface area contributed by atoms with Gasteiger partial charge in [0.2, 0.25) is 0 Å². The zero-order chi connectivity index (χ0) is 21.5. The van der Waals surface area contributed by atoms with Crippen molar-refractivity contribution in [3.63, 3.8) is 0 Å². The zero-order valence-electron chi connectivity index (χ0n) is 17.8. The van der Waals surface area contributed by atoms with Gasteiger partial charge in [-0.2, -0.15) is 0 Å². The van der Waals surface area contributed by atoms with Crippen LogP contribution in [-0.4, -0.2) is 37.6 Å². The number of furan rings is 1. The number of carbonyl (C=O) groups excluding carboxylic acids is 1. The van der Waals surface area contributed by atoms with Crippen molar-refractivity contribution in [3.05, 3.63) is 83.8 Å². The van der Waals surface area contributed by atoms with Crippen LogP contribution < -0.4 is 10.1 Å². The van der Waals surface area contributed by atoms with Crippen LogP contribution in [-0.2, 0) is 5.75 Å². The molecular weight excluding hydrogens is 408 g/mol. The maximum atomic E-state index is 12.9. The van der Waals surface area contributed by atoms with Crippen LogP contribution >= 0.6 is 11.8 Å². The van der Waals surface area contributed by atoms with E-state index in [4.69, 9.17) is 9.15 Å². The van der Waals surface area contributed by atoms with Gasteiger partial charge >= 0.3 is 0 Å². The molecular formula is C25H28N2O3S. The van der Waals surface area contributed by atoms with E-state index in [1.165, 1.54) is 23.3 Å². The summed E-state index contributed by atoms with van der Waals surface area (Å²) in [5.41, 5.74) is 2.09. The normalized spacial score (nSPS) is 15.0. The summed E-state index contributed by atoms with van der Waals surface area (Å²) < 4.78 is 10.8. The Morgan fingerprint density at radius 3 is 2.55 bits per heavy atom. The summed E-state index contributed by atoms with van der Waals surface area (Å²) in [6, 6.07) is 20.3. The molecule has 162 valence electrons. The molecule has 1 atom stereocenters. The summed E-state index contributed by atoms with van der Waals surface area (Å²) in [7, 11) is 1.67. The van der Waals surface area contributed by atoms with E-state index in [9.17, 15) is 4.79 Å². The SMILES string of the molecule is COc1ccc(C(CNC(=O)c2occc2CSc2ccccc2)N2CCCC2)cc1. The summed E-state index contributed by atoms with van der Waals surface area (Å²) in [6.07, 6.45) is 3.98. The zero-order valence-corrected chi connectivity index (χ0v) is 18.6. The number of rotatable bonds is 9. The molecule has 0 bridgehead atoms. The van der Waals surface area contributed by atoms with Crippen molar-refractivity contribution in [1.82, 2.24) is 10.2 Å². The largest absolute Gasteiger partial charge is 0.497 e. The van der Waals surface area contributed by atoms with E-state index in [0.717, 1.165) is 24.4 Å². The van der Waals surface area contributed by atoms with Crippen LogP contribution in [0.4, 0.5) is 0 Å². The molecule has 0 aliphatic carbocycles. The molecule has 1 aliphatic heterocycles. The lowest BCUT2D eigenvalue weighted by Crippen LogP contribution is -2.36. The Bertz CT molecular complexity index is 966. The molecule has 1 amide bonds. The Kier molecular flexibility index (Phi) is 7.33. The minimum atomic E-state index is -0.161. The molecule has 1 unspecified atom stereocenters. The molecule has 2 aromatic carbocycles. The molecule has 3 aromatic rings. The molecule has 1 fully saturated rings. The van der Waals surface area contributed by atoms with Gasteiger partial charge in [-0.1, -0.05) is 30.3 Å². The van der Waals surface area contributed by atoms with E-state index in [0.29, 0.717) is 18.1 Å². The first-order valence-corrected chi connectivity index (χ1v) is 11.6. The summed E-state index contributed by atoms with van der Waals surface area (Å²) in [6.45, 7) is 2.63. The quantitative estimate of drug-likeness (QED) is 0.470. The van der Waals surface area contributed by atoms with Crippen LogP contribution in [0.15, 0.2) is 76.2 Å². The number of carbonyl (C=O) groups is 1. The van der Waals surface area contributed by atoms with Gasteiger partial charge in [0.25, 0.3) is 5.91 Å². The van der Waals surface area contributed by atoms with Crippen molar-refractivity contribution < 1.29 is 13.9 Å². The van der Waals surface area contributed by atoms with E-state index >= 15 is 0 Å². The second-order valence-electron chi connectivity index (χ2n) is 7.62. The standard InChI is InChI=1S/C25H28N2O3S/c1-29-21-11-9-19(10-12-21)23(27-14-5-6-15-27)17-26-25(28)24-20(13-16-30-24)18-31-22-7-3-2-4-8-22/h2-4,7-13,16,23H,5-6,14-15,17-18H2,1H3,(H,26,28). The summed E-state index contributed by atoms with van der Waals surface area (Å²) in [5.74, 6) is 1.77. The van der Waals surface area contributed by atoms with Gasteiger partial charge in [0.15, 0.2) is 5.76 Å². The lowest BCUT2D eigenvalue weighted by Gasteiger charge is -2.28. The van der Waals surface area contributed by atoms with Crippen LogP contribution in [0.5, 0.6) is 5.75 Å². The summed E-state index contributed by atoms with van der Waals surface area (Å²) in [5, 5.41) is 3.11. The Morgan fingerprint density at radius 2 is 1.84 bits per heavy atom. The Labute approximate surface area is 187 Å². The van der Waals surface area contributed by atoms with E-state index in [-0.39, 0.29) is 11.9 Å². The fourth-order valence-electron chi connectivity index (χ4n) is 3.93.